The molecule has 1 amide bonds. The van der Waals surface area contributed by atoms with E-state index < -0.39 is 12.2 Å². The van der Waals surface area contributed by atoms with Crippen molar-refractivity contribution in [3.8, 4) is 0 Å². The molecule has 1 aliphatic carbocycles. The predicted molar refractivity (Wildman–Crippen MR) is 86.0 cm³/mol. The molecular formula is C17H23F3N4O. The van der Waals surface area contributed by atoms with Gasteiger partial charge in [0.05, 0.1) is 11.7 Å². The first-order valence-electron chi connectivity index (χ1n) is 8.99. The molecule has 25 heavy (non-hydrogen) atoms. The highest BCUT2D eigenvalue weighted by atomic mass is 19.4. The van der Waals surface area contributed by atoms with Crippen LogP contribution in [0, 0.1) is 11.8 Å². The molecule has 2 fully saturated rings. The van der Waals surface area contributed by atoms with Crippen LogP contribution in [0.25, 0.3) is 0 Å². The molecule has 0 bridgehead atoms. The minimum absolute atomic E-state index is 0.0372. The van der Waals surface area contributed by atoms with Crippen molar-refractivity contribution in [2.24, 2.45) is 11.8 Å². The Morgan fingerprint density at radius 3 is 2.68 bits per heavy atom. The van der Waals surface area contributed by atoms with Crippen LogP contribution in [0.4, 0.5) is 19.0 Å². The third-order valence-corrected chi connectivity index (χ3v) is 5.70. The van der Waals surface area contributed by atoms with E-state index in [0.29, 0.717) is 24.0 Å². The van der Waals surface area contributed by atoms with Crippen LogP contribution in [0.5, 0.6) is 0 Å². The van der Waals surface area contributed by atoms with Crippen LogP contribution in [0.2, 0.25) is 0 Å². The number of alkyl halides is 3. The highest BCUT2D eigenvalue weighted by Gasteiger charge is 2.47. The van der Waals surface area contributed by atoms with Crippen LogP contribution in [0.15, 0.2) is 6.07 Å². The fourth-order valence-corrected chi connectivity index (χ4v) is 4.16. The van der Waals surface area contributed by atoms with Crippen molar-refractivity contribution < 1.29 is 18.0 Å². The molecule has 3 unspecified atom stereocenters. The van der Waals surface area contributed by atoms with E-state index in [4.69, 9.17) is 0 Å². The summed E-state index contributed by atoms with van der Waals surface area (Å²) in [6, 6.07) is -0.385. The van der Waals surface area contributed by atoms with Gasteiger partial charge in [-0.15, -0.1) is 0 Å². The molecule has 1 saturated carbocycles. The SMILES string of the molecule is CC1CC1C(=O)N1CCCC1c1cc2n(n1)[C@@H](C(F)(F)F)C[C@@H](C)N2. The van der Waals surface area contributed by atoms with Crippen LogP contribution in [0.1, 0.15) is 57.3 Å². The zero-order valence-corrected chi connectivity index (χ0v) is 14.4. The quantitative estimate of drug-likeness (QED) is 0.882. The molecule has 4 rings (SSSR count). The normalized spacial score (nSPS) is 34.6. The van der Waals surface area contributed by atoms with Crippen LogP contribution in [-0.4, -0.2) is 39.4 Å². The van der Waals surface area contributed by atoms with Gasteiger partial charge in [0.2, 0.25) is 5.91 Å². The molecule has 5 nitrogen and oxygen atoms in total. The number of nitrogens with one attached hydrogen (secondary N) is 1. The Balaban J connectivity index is 1.62. The summed E-state index contributed by atoms with van der Waals surface area (Å²) in [7, 11) is 0. The van der Waals surface area contributed by atoms with Gasteiger partial charge in [0.25, 0.3) is 0 Å². The molecule has 1 N–H and O–H groups in total. The molecule has 5 atom stereocenters. The Hall–Kier alpha value is -1.73. The van der Waals surface area contributed by atoms with Gasteiger partial charge in [0.1, 0.15) is 5.82 Å². The average molecular weight is 356 g/mol. The van der Waals surface area contributed by atoms with Crippen molar-refractivity contribution in [3.05, 3.63) is 11.8 Å². The average Bonchev–Trinajstić information content (AvgIpc) is 2.95. The molecular weight excluding hydrogens is 333 g/mol. The largest absolute Gasteiger partial charge is 0.410 e. The number of amides is 1. The number of hydrogen-bond acceptors (Lipinski definition) is 3. The molecule has 1 aromatic rings. The number of halogens is 3. The maximum atomic E-state index is 13.4. The van der Waals surface area contributed by atoms with Gasteiger partial charge in [-0.2, -0.15) is 18.3 Å². The van der Waals surface area contributed by atoms with Gasteiger partial charge < -0.3 is 10.2 Å². The lowest BCUT2D eigenvalue weighted by atomic mass is 10.1. The molecule has 0 spiro atoms. The van der Waals surface area contributed by atoms with Crippen LogP contribution < -0.4 is 5.32 Å². The number of likely N-dealkylation sites (tertiary alicyclic amines) is 1. The van der Waals surface area contributed by atoms with Crippen LogP contribution in [-0.2, 0) is 4.79 Å². The summed E-state index contributed by atoms with van der Waals surface area (Å²) in [5.41, 5.74) is 0.574. The zero-order chi connectivity index (χ0) is 17.9. The molecule has 1 saturated heterocycles. The van der Waals surface area contributed by atoms with E-state index in [1.54, 1.807) is 13.0 Å². The van der Waals surface area contributed by atoms with E-state index >= 15 is 0 Å². The second-order valence-electron chi connectivity index (χ2n) is 7.75. The highest BCUT2D eigenvalue weighted by Crippen LogP contribution is 2.44. The van der Waals surface area contributed by atoms with Gasteiger partial charge in [-0.3, -0.25) is 4.79 Å². The Morgan fingerprint density at radius 2 is 2.04 bits per heavy atom. The lowest BCUT2D eigenvalue weighted by Crippen LogP contribution is -2.38. The summed E-state index contributed by atoms with van der Waals surface area (Å²) >= 11 is 0. The summed E-state index contributed by atoms with van der Waals surface area (Å²) < 4.78 is 41.2. The first-order chi connectivity index (χ1) is 11.8. The Morgan fingerprint density at radius 1 is 1.32 bits per heavy atom. The van der Waals surface area contributed by atoms with Crippen molar-refractivity contribution in [2.75, 3.05) is 11.9 Å². The third-order valence-electron chi connectivity index (χ3n) is 5.70. The van der Waals surface area contributed by atoms with E-state index in [9.17, 15) is 18.0 Å². The van der Waals surface area contributed by atoms with Gasteiger partial charge in [-0.1, -0.05) is 6.92 Å². The number of hydrogen-bond donors (Lipinski definition) is 1. The second-order valence-corrected chi connectivity index (χ2v) is 7.75. The zero-order valence-electron chi connectivity index (χ0n) is 14.4. The van der Waals surface area contributed by atoms with Crippen molar-refractivity contribution in [3.63, 3.8) is 0 Å². The fourth-order valence-electron chi connectivity index (χ4n) is 4.16. The molecule has 1 aromatic heterocycles. The Kier molecular flexibility index (Phi) is 3.77. The summed E-state index contributed by atoms with van der Waals surface area (Å²) in [5, 5.41) is 7.38. The first kappa shape index (κ1) is 16.7. The molecule has 2 aliphatic heterocycles. The van der Waals surface area contributed by atoms with Crippen LogP contribution >= 0.6 is 0 Å². The van der Waals surface area contributed by atoms with E-state index in [1.807, 2.05) is 4.90 Å². The summed E-state index contributed by atoms with van der Waals surface area (Å²) in [4.78, 5) is 14.4. The highest BCUT2D eigenvalue weighted by molar-refractivity contribution is 5.82. The molecule has 3 heterocycles. The topological polar surface area (TPSA) is 50.2 Å². The van der Waals surface area contributed by atoms with Gasteiger partial charge >= 0.3 is 6.18 Å². The fraction of sp³-hybridized carbons (Fsp3) is 0.765. The number of carbonyl (C=O) groups is 1. The molecule has 8 heteroatoms. The molecule has 3 aliphatic rings. The van der Waals surface area contributed by atoms with E-state index in [1.165, 1.54) is 0 Å². The molecule has 138 valence electrons. The predicted octanol–water partition coefficient (Wildman–Crippen LogP) is 3.51. The minimum Gasteiger partial charge on any atom is -0.368 e. The number of carbonyl (C=O) groups excluding carboxylic acids is 1. The molecule has 0 aromatic carbocycles. The standard InChI is InChI=1S/C17H23F3N4O/c1-9-6-11(9)16(25)23-5-3-4-13(23)12-8-15-21-10(2)7-14(17(18,19)20)24(15)22-12/h8-11,13-14,21H,3-7H2,1-2H3/t9?,10-,11?,13?,14-/m1/s1. The molecule has 0 radical (unpaired) electrons. The lowest BCUT2D eigenvalue weighted by Gasteiger charge is -2.31. The van der Waals surface area contributed by atoms with Crippen molar-refractivity contribution >= 4 is 11.7 Å². The first-order valence-corrected chi connectivity index (χ1v) is 8.99. The van der Waals surface area contributed by atoms with E-state index in [-0.39, 0.29) is 30.3 Å². The number of nitrogens with zero attached hydrogens (tertiary/aromatic N) is 3. The van der Waals surface area contributed by atoms with Gasteiger partial charge in [0, 0.05) is 24.6 Å². The van der Waals surface area contributed by atoms with Gasteiger partial charge in [-0.25, -0.2) is 4.68 Å². The Labute approximate surface area is 144 Å². The van der Waals surface area contributed by atoms with Gasteiger partial charge in [-0.05, 0) is 38.5 Å². The van der Waals surface area contributed by atoms with Crippen molar-refractivity contribution in [1.29, 1.82) is 0 Å². The summed E-state index contributed by atoms with van der Waals surface area (Å²) in [6.45, 7) is 4.47. The Bertz CT molecular complexity index is 686. The van der Waals surface area contributed by atoms with Crippen LogP contribution in [0.3, 0.4) is 0 Å². The number of anilines is 1. The third kappa shape index (κ3) is 2.89. The maximum Gasteiger partial charge on any atom is 0.410 e. The monoisotopic (exact) mass is 356 g/mol. The number of aromatic nitrogens is 2. The lowest BCUT2D eigenvalue weighted by molar-refractivity contribution is -0.173. The van der Waals surface area contributed by atoms with E-state index in [2.05, 4.69) is 17.3 Å². The number of rotatable bonds is 2. The van der Waals surface area contributed by atoms with Crippen molar-refractivity contribution in [1.82, 2.24) is 14.7 Å². The summed E-state index contributed by atoms with van der Waals surface area (Å²) in [5.74, 6) is 1.03. The maximum absolute atomic E-state index is 13.4. The second kappa shape index (κ2) is 5.64. The minimum atomic E-state index is -4.33. The van der Waals surface area contributed by atoms with Crippen molar-refractivity contribution in [2.45, 2.75) is 63.8 Å². The summed E-state index contributed by atoms with van der Waals surface area (Å²) in [6.07, 6.45) is -1.83. The smallest absolute Gasteiger partial charge is 0.368 e. The van der Waals surface area contributed by atoms with E-state index in [0.717, 1.165) is 23.9 Å². The number of fused-ring (bicyclic) bond motifs is 1. The van der Waals surface area contributed by atoms with Gasteiger partial charge in [0.15, 0.2) is 6.04 Å².